The topological polar surface area (TPSA) is 70.2 Å². The highest BCUT2D eigenvalue weighted by molar-refractivity contribution is 6.28. The van der Waals surface area contributed by atoms with Gasteiger partial charge in [0.15, 0.2) is 0 Å². The number of hydrogen-bond acceptors (Lipinski definition) is 3. The Balaban J connectivity index is 0.000000490. The molecule has 0 saturated carbocycles. The maximum Gasteiger partial charge on any atom is 0.242 e. The van der Waals surface area contributed by atoms with E-state index in [1.165, 1.54) is 12.4 Å². The van der Waals surface area contributed by atoms with Crippen LogP contribution in [-0.4, -0.2) is 20.7 Å². The van der Waals surface area contributed by atoms with Crippen LogP contribution in [0.5, 0.6) is 0 Å². The third-order valence-electron chi connectivity index (χ3n) is 0.455. The number of halogens is 1. The highest BCUT2D eigenvalue weighted by atomic mass is 35.5. The summed E-state index contributed by atoms with van der Waals surface area (Å²) >= 11 is 5.25. The number of aromatic nitrogens is 3. The van der Waals surface area contributed by atoms with E-state index in [0.717, 1.165) is 0 Å². The first-order valence-corrected chi connectivity index (χ1v) is 2.06. The van der Waals surface area contributed by atoms with Crippen LogP contribution in [0.15, 0.2) is 12.4 Å². The van der Waals surface area contributed by atoms with Gasteiger partial charge in [-0.25, -0.2) is 4.98 Å². The molecule has 0 aliphatic rings. The lowest BCUT2D eigenvalue weighted by Gasteiger charge is -1.77. The van der Waals surface area contributed by atoms with Crippen molar-refractivity contribution in [1.29, 1.82) is 0 Å². The Morgan fingerprint density at radius 3 is 2.38 bits per heavy atom. The van der Waals surface area contributed by atoms with Gasteiger partial charge in [-0.2, -0.15) is 5.10 Å². The van der Waals surface area contributed by atoms with Crippen LogP contribution < -0.4 is 0 Å². The molecule has 0 aliphatic heterocycles. The molecule has 0 radical (unpaired) electrons. The summed E-state index contributed by atoms with van der Waals surface area (Å²) in [5.41, 5.74) is 0. The zero-order valence-electron chi connectivity index (χ0n) is 3.87. The molecule has 8 heavy (non-hydrogen) atoms. The van der Waals surface area contributed by atoms with Crippen molar-refractivity contribution in [3.63, 3.8) is 0 Å². The molecule has 0 amide bonds. The molecule has 0 aliphatic carbocycles. The minimum Gasteiger partial charge on any atom is -0.412 e. The van der Waals surface area contributed by atoms with Crippen LogP contribution >= 0.6 is 11.6 Å². The molecule has 0 aromatic carbocycles. The summed E-state index contributed by atoms with van der Waals surface area (Å²) < 4.78 is 0. The van der Waals surface area contributed by atoms with Crippen LogP contribution in [0.1, 0.15) is 0 Å². The van der Waals surface area contributed by atoms with E-state index in [1.807, 2.05) is 0 Å². The summed E-state index contributed by atoms with van der Waals surface area (Å²) in [5.74, 6) is 0. The molecule has 0 saturated heterocycles. The predicted molar refractivity (Wildman–Crippen MR) is 28.5 cm³/mol. The van der Waals surface area contributed by atoms with Crippen LogP contribution in [0, 0.1) is 0 Å². The first kappa shape index (κ1) is 7.26. The first-order valence-electron chi connectivity index (χ1n) is 1.69. The molecule has 0 unspecified atom stereocenters. The standard InChI is InChI=1S/C3H2ClN3.H2O/c4-3-5-1-2-6-7-3;/h1-2H;1H2. The van der Waals surface area contributed by atoms with Crippen LogP contribution in [0.2, 0.25) is 5.28 Å². The normalized spacial score (nSPS) is 7.62. The largest absolute Gasteiger partial charge is 0.412 e. The quantitative estimate of drug-likeness (QED) is 0.488. The Morgan fingerprint density at radius 1 is 1.38 bits per heavy atom. The summed E-state index contributed by atoms with van der Waals surface area (Å²) in [5, 5.41) is 7.01. The van der Waals surface area contributed by atoms with E-state index >= 15 is 0 Å². The van der Waals surface area contributed by atoms with Crippen molar-refractivity contribution in [2.75, 3.05) is 0 Å². The SMILES string of the molecule is Clc1nccnn1.O. The van der Waals surface area contributed by atoms with Crippen LogP contribution in [0.3, 0.4) is 0 Å². The zero-order chi connectivity index (χ0) is 5.11. The van der Waals surface area contributed by atoms with Crippen molar-refractivity contribution in [1.82, 2.24) is 15.2 Å². The Hall–Kier alpha value is -0.740. The van der Waals surface area contributed by atoms with Gasteiger partial charge in [0, 0.05) is 0 Å². The fourth-order valence-corrected chi connectivity index (χ4v) is 0.331. The minimum atomic E-state index is 0. The minimum absolute atomic E-state index is 0. The van der Waals surface area contributed by atoms with E-state index in [2.05, 4.69) is 15.2 Å². The summed E-state index contributed by atoms with van der Waals surface area (Å²) in [6.07, 6.45) is 2.95. The van der Waals surface area contributed by atoms with Crippen LogP contribution in [0.25, 0.3) is 0 Å². The van der Waals surface area contributed by atoms with Crippen molar-refractivity contribution in [2.24, 2.45) is 0 Å². The summed E-state index contributed by atoms with van der Waals surface area (Å²) in [6, 6.07) is 0. The molecule has 2 N–H and O–H groups in total. The average molecular weight is 134 g/mol. The predicted octanol–water partition coefficient (Wildman–Crippen LogP) is -0.300. The van der Waals surface area contributed by atoms with E-state index < -0.39 is 0 Å². The Kier molecular flexibility index (Phi) is 2.98. The molecule has 4 nitrogen and oxygen atoms in total. The van der Waals surface area contributed by atoms with Gasteiger partial charge in [-0.05, 0) is 11.6 Å². The highest BCUT2D eigenvalue weighted by Crippen LogP contribution is 1.89. The van der Waals surface area contributed by atoms with Gasteiger partial charge in [-0.15, -0.1) is 5.10 Å². The lowest BCUT2D eigenvalue weighted by molar-refractivity contribution is 0.824. The monoisotopic (exact) mass is 133 g/mol. The van der Waals surface area contributed by atoms with E-state index in [0.29, 0.717) is 0 Å². The van der Waals surface area contributed by atoms with Gasteiger partial charge < -0.3 is 5.48 Å². The van der Waals surface area contributed by atoms with Crippen molar-refractivity contribution in [2.45, 2.75) is 0 Å². The fourth-order valence-electron chi connectivity index (χ4n) is 0.231. The van der Waals surface area contributed by atoms with Gasteiger partial charge in [0.05, 0.1) is 12.4 Å². The number of nitrogens with zero attached hydrogens (tertiary/aromatic N) is 3. The second-order valence-electron chi connectivity index (χ2n) is 0.912. The van der Waals surface area contributed by atoms with Crippen LogP contribution in [-0.2, 0) is 0 Å². The van der Waals surface area contributed by atoms with Gasteiger partial charge in [0.1, 0.15) is 0 Å². The molecule has 1 aromatic rings. The molecule has 5 heteroatoms. The molecule has 0 spiro atoms. The smallest absolute Gasteiger partial charge is 0.242 e. The van der Waals surface area contributed by atoms with E-state index in [-0.39, 0.29) is 10.8 Å². The van der Waals surface area contributed by atoms with Gasteiger partial charge in [-0.1, -0.05) is 0 Å². The van der Waals surface area contributed by atoms with Crippen molar-refractivity contribution >= 4 is 11.6 Å². The van der Waals surface area contributed by atoms with Gasteiger partial charge in [-0.3, -0.25) is 0 Å². The second kappa shape index (κ2) is 3.29. The summed E-state index contributed by atoms with van der Waals surface area (Å²) in [7, 11) is 0. The lowest BCUT2D eigenvalue weighted by Crippen LogP contribution is -1.80. The summed E-state index contributed by atoms with van der Waals surface area (Å²) in [4.78, 5) is 3.57. The maximum absolute atomic E-state index is 5.25. The molecule has 1 rings (SSSR count). The zero-order valence-corrected chi connectivity index (χ0v) is 4.63. The van der Waals surface area contributed by atoms with Gasteiger partial charge in [0.2, 0.25) is 5.28 Å². The molecule has 0 bridgehead atoms. The molecule has 1 heterocycles. The Labute approximate surface area is 50.8 Å². The van der Waals surface area contributed by atoms with E-state index in [4.69, 9.17) is 11.6 Å². The molecule has 44 valence electrons. The third kappa shape index (κ3) is 1.81. The van der Waals surface area contributed by atoms with E-state index in [9.17, 15) is 0 Å². The molecular formula is C3H4ClN3O. The average Bonchev–Trinajstić information content (AvgIpc) is 1.69. The fraction of sp³-hybridized carbons (Fsp3) is 0. The van der Waals surface area contributed by atoms with Gasteiger partial charge in [0.25, 0.3) is 0 Å². The summed E-state index contributed by atoms with van der Waals surface area (Å²) in [6.45, 7) is 0. The Morgan fingerprint density at radius 2 is 2.12 bits per heavy atom. The molecule has 0 fully saturated rings. The lowest BCUT2D eigenvalue weighted by atomic mass is 10.9. The van der Waals surface area contributed by atoms with Crippen LogP contribution in [0.4, 0.5) is 0 Å². The van der Waals surface area contributed by atoms with Crippen molar-refractivity contribution < 1.29 is 5.48 Å². The maximum atomic E-state index is 5.25. The Bertz CT molecular complexity index is 144. The van der Waals surface area contributed by atoms with Crippen molar-refractivity contribution in [3.05, 3.63) is 17.7 Å². The highest BCUT2D eigenvalue weighted by Gasteiger charge is 1.79. The van der Waals surface area contributed by atoms with Gasteiger partial charge >= 0.3 is 0 Å². The second-order valence-corrected chi connectivity index (χ2v) is 1.25. The number of hydrogen-bond donors (Lipinski definition) is 0. The van der Waals surface area contributed by atoms with Crippen molar-refractivity contribution in [3.8, 4) is 0 Å². The van der Waals surface area contributed by atoms with E-state index in [1.54, 1.807) is 0 Å². The number of rotatable bonds is 0. The molecule has 1 aromatic heterocycles. The molecular weight excluding hydrogens is 130 g/mol. The third-order valence-corrected chi connectivity index (χ3v) is 0.628. The first-order chi connectivity index (χ1) is 3.39. The molecule has 0 atom stereocenters.